The molecule has 10 heteroatoms. The molecular formula is C38H45N3O6S. The predicted octanol–water partition coefficient (Wildman–Crippen LogP) is 6.07. The lowest BCUT2D eigenvalue weighted by atomic mass is 10.0. The Hall–Kier alpha value is -4.83. The summed E-state index contributed by atoms with van der Waals surface area (Å²) in [7, 11) is -1.42. The second-order valence-electron chi connectivity index (χ2n) is 11.9. The Morgan fingerprint density at radius 1 is 0.792 bits per heavy atom. The molecule has 4 aromatic carbocycles. The molecule has 2 amide bonds. The van der Waals surface area contributed by atoms with Crippen molar-refractivity contribution in [2.24, 2.45) is 0 Å². The van der Waals surface area contributed by atoms with Crippen molar-refractivity contribution >= 4 is 27.5 Å². The van der Waals surface area contributed by atoms with E-state index < -0.39 is 28.5 Å². The molecule has 0 unspecified atom stereocenters. The van der Waals surface area contributed by atoms with Gasteiger partial charge in [-0.3, -0.25) is 13.9 Å². The third-order valence-corrected chi connectivity index (χ3v) is 10.0. The highest BCUT2D eigenvalue weighted by molar-refractivity contribution is 7.92. The molecule has 0 aliphatic rings. The third kappa shape index (κ3) is 8.95. The molecule has 0 radical (unpaired) electrons. The van der Waals surface area contributed by atoms with Crippen LogP contribution in [0.1, 0.15) is 42.5 Å². The molecule has 254 valence electrons. The Labute approximate surface area is 284 Å². The van der Waals surface area contributed by atoms with Crippen molar-refractivity contribution in [1.82, 2.24) is 10.2 Å². The topological polar surface area (TPSA) is 105 Å². The largest absolute Gasteiger partial charge is 0.493 e. The molecule has 0 spiro atoms. The number of carbonyl (C=O) groups is 2. The number of carbonyl (C=O) groups excluding carboxylic acids is 2. The van der Waals surface area contributed by atoms with Crippen molar-refractivity contribution < 1.29 is 27.5 Å². The number of benzene rings is 4. The Kier molecular flexibility index (Phi) is 12.2. The molecule has 9 nitrogen and oxygen atoms in total. The second-order valence-corrected chi connectivity index (χ2v) is 13.8. The van der Waals surface area contributed by atoms with Gasteiger partial charge in [0.15, 0.2) is 11.5 Å². The molecule has 0 aliphatic heterocycles. The highest BCUT2D eigenvalue weighted by atomic mass is 32.2. The van der Waals surface area contributed by atoms with Gasteiger partial charge in [0.1, 0.15) is 12.6 Å². The fraction of sp³-hybridized carbons (Fsp3) is 0.316. The average Bonchev–Trinajstić information content (AvgIpc) is 3.09. The van der Waals surface area contributed by atoms with Crippen molar-refractivity contribution in [1.29, 1.82) is 0 Å². The number of anilines is 1. The standard InChI is InChI=1S/C38H45N3O6S/c1-7-29(4)39-38(43)34(23-30-13-9-8-10-14-30)40(25-31-15-11-12-28(3)22-31)37(42)26-41(32-18-16-27(2)17-19-32)48(44,45)33-20-21-35(46-5)36(24-33)47-6/h8-22,24,29,34H,7,23,25-26H2,1-6H3,(H,39,43)/t29-,34-/m0/s1. The first kappa shape index (κ1) is 36.0. The Bertz CT molecular complexity index is 1800. The molecule has 48 heavy (non-hydrogen) atoms. The smallest absolute Gasteiger partial charge is 0.264 e. The highest BCUT2D eigenvalue weighted by Crippen LogP contribution is 2.32. The predicted molar refractivity (Wildman–Crippen MR) is 189 cm³/mol. The molecule has 0 saturated heterocycles. The molecular weight excluding hydrogens is 627 g/mol. The number of ether oxygens (including phenoxy) is 2. The van der Waals surface area contributed by atoms with Gasteiger partial charge in [0, 0.05) is 25.1 Å². The zero-order valence-corrected chi connectivity index (χ0v) is 29.3. The van der Waals surface area contributed by atoms with Gasteiger partial charge in [-0.25, -0.2) is 8.42 Å². The van der Waals surface area contributed by atoms with E-state index in [1.54, 1.807) is 24.3 Å². The minimum Gasteiger partial charge on any atom is -0.493 e. The summed E-state index contributed by atoms with van der Waals surface area (Å²) in [6.07, 6.45) is 0.952. The van der Waals surface area contributed by atoms with Crippen LogP contribution in [0.25, 0.3) is 0 Å². The number of nitrogens with zero attached hydrogens (tertiary/aromatic N) is 2. The molecule has 2 atom stereocenters. The summed E-state index contributed by atoms with van der Waals surface area (Å²) in [4.78, 5) is 30.1. The fourth-order valence-corrected chi connectivity index (χ4v) is 6.78. The van der Waals surface area contributed by atoms with Crippen LogP contribution in [0.5, 0.6) is 11.5 Å². The normalized spacial score (nSPS) is 12.5. The molecule has 0 aliphatic carbocycles. The van der Waals surface area contributed by atoms with E-state index in [1.807, 2.05) is 82.3 Å². The number of aryl methyl sites for hydroxylation is 2. The molecule has 0 bridgehead atoms. The molecule has 0 heterocycles. The minimum absolute atomic E-state index is 0.0749. The summed E-state index contributed by atoms with van der Waals surface area (Å²) in [5, 5.41) is 3.06. The molecule has 4 rings (SSSR count). The van der Waals surface area contributed by atoms with Crippen molar-refractivity contribution in [2.75, 3.05) is 25.1 Å². The number of hydrogen-bond acceptors (Lipinski definition) is 6. The molecule has 1 N–H and O–H groups in total. The van der Waals surface area contributed by atoms with Gasteiger partial charge in [-0.15, -0.1) is 0 Å². The first-order chi connectivity index (χ1) is 23.0. The zero-order valence-electron chi connectivity index (χ0n) is 28.5. The van der Waals surface area contributed by atoms with Crippen LogP contribution < -0.4 is 19.1 Å². The molecule has 0 fully saturated rings. The van der Waals surface area contributed by atoms with Gasteiger partial charge >= 0.3 is 0 Å². The first-order valence-corrected chi connectivity index (χ1v) is 17.4. The summed E-state index contributed by atoms with van der Waals surface area (Å²) in [6.45, 7) is 7.30. The van der Waals surface area contributed by atoms with Gasteiger partial charge < -0.3 is 19.7 Å². The van der Waals surface area contributed by atoms with Crippen LogP contribution >= 0.6 is 0 Å². The number of amides is 2. The summed E-state index contributed by atoms with van der Waals surface area (Å²) in [5.41, 5.74) is 3.93. The Morgan fingerprint density at radius 3 is 2.08 bits per heavy atom. The van der Waals surface area contributed by atoms with Crippen LogP contribution in [0.2, 0.25) is 0 Å². The molecule has 0 saturated carbocycles. The lowest BCUT2D eigenvalue weighted by Crippen LogP contribution is -2.54. The van der Waals surface area contributed by atoms with E-state index in [9.17, 15) is 18.0 Å². The van der Waals surface area contributed by atoms with Crippen LogP contribution in [-0.4, -0.2) is 58.0 Å². The van der Waals surface area contributed by atoms with Crippen LogP contribution in [0.3, 0.4) is 0 Å². The average molecular weight is 672 g/mol. The second kappa shape index (κ2) is 16.3. The Balaban J connectivity index is 1.83. The fourth-order valence-electron chi connectivity index (χ4n) is 5.35. The summed E-state index contributed by atoms with van der Waals surface area (Å²) < 4.78 is 40.6. The van der Waals surface area contributed by atoms with Gasteiger partial charge in [-0.05, 0) is 62.6 Å². The van der Waals surface area contributed by atoms with Gasteiger partial charge in [0.05, 0.1) is 24.8 Å². The third-order valence-electron chi connectivity index (χ3n) is 8.25. The SMILES string of the molecule is CC[C@H](C)NC(=O)[C@H](Cc1ccccc1)N(Cc1cccc(C)c1)C(=O)CN(c1ccc(C)cc1)S(=O)(=O)c1ccc(OC)c(OC)c1. The van der Waals surface area contributed by atoms with Crippen LogP contribution in [0.4, 0.5) is 5.69 Å². The van der Waals surface area contributed by atoms with Gasteiger partial charge in [-0.2, -0.15) is 0 Å². The van der Waals surface area contributed by atoms with E-state index >= 15 is 0 Å². The number of sulfonamides is 1. The van der Waals surface area contributed by atoms with Crippen molar-refractivity contribution in [3.05, 3.63) is 119 Å². The lowest BCUT2D eigenvalue weighted by Gasteiger charge is -2.34. The van der Waals surface area contributed by atoms with Crippen molar-refractivity contribution in [3.8, 4) is 11.5 Å². The van der Waals surface area contributed by atoms with Crippen LogP contribution in [-0.2, 0) is 32.6 Å². The lowest BCUT2D eigenvalue weighted by molar-refractivity contribution is -0.140. The molecule has 4 aromatic rings. The summed E-state index contributed by atoms with van der Waals surface area (Å²) in [6, 6.07) is 27.4. The quantitative estimate of drug-likeness (QED) is 0.165. The number of nitrogens with one attached hydrogen (secondary N) is 1. The molecule has 0 aromatic heterocycles. The van der Waals surface area contributed by atoms with E-state index in [-0.39, 0.29) is 35.6 Å². The number of rotatable bonds is 15. The van der Waals surface area contributed by atoms with Gasteiger partial charge in [0.2, 0.25) is 11.8 Å². The van der Waals surface area contributed by atoms with E-state index in [2.05, 4.69) is 5.32 Å². The van der Waals surface area contributed by atoms with Gasteiger partial charge in [-0.1, -0.05) is 84.8 Å². The monoisotopic (exact) mass is 671 g/mol. The number of methoxy groups -OCH3 is 2. The maximum absolute atomic E-state index is 14.7. The maximum atomic E-state index is 14.7. The van der Waals surface area contributed by atoms with Crippen LogP contribution in [0, 0.1) is 13.8 Å². The van der Waals surface area contributed by atoms with E-state index in [0.29, 0.717) is 17.9 Å². The summed E-state index contributed by atoms with van der Waals surface area (Å²) in [5.74, 6) is -0.227. The zero-order chi connectivity index (χ0) is 34.8. The highest BCUT2D eigenvalue weighted by Gasteiger charge is 2.35. The summed E-state index contributed by atoms with van der Waals surface area (Å²) >= 11 is 0. The van der Waals surface area contributed by atoms with E-state index in [1.165, 1.54) is 37.3 Å². The van der Waals surface area contributed by atoms with Gasteiger partial charge in [0.25, 0.3) is 10.0 Å². The van der Waals surface area contributed by atoms with E-state index in [4.69, 9.17) is 9.47 Å². The number of hydrogen-bond donors (Lipinski definition) is 1. The van der Waals surface area contributed by atoms with Crippen LogP contribution in [0.15, 0.2) is 102 Å². The van der Waals surface area contributed by atoms with Crippen molar-refractivity contribution in [2.45, 2.75) is 64.1 Å². The minimum atomic E-state index is -4.31. The maximum Gasteiger partial charge on any atom is 0.264 e. The van der Waals surface area contributed by atoms with E-state index in [0.717, 1.165) is 26.6 Å². The first-order valence-electron chi connectivity index (χ1n) is 16.0. The Morgan fingerprint density at radius 2 is 1.46 bits per heavy atom. The van der Waals surface area contributed by atoms with Crippen molar-refractivity contribution in [3.63, 3.8) is 0 Å².